The van der Waals surface area contributed by atoms with Crippen LogP contribution in [0.1, 0.15) is 61.6 Å². The molecule has 1 aromatic rings. The molecule has 5 atom stereocenters. The first kappa shape index (κ1) is 24.6. The first-order chi connectivity index (χ1) is 15.7. The zero-order chi connectivity index (χ0) is 24.3. The number of hydrogen-bond donors (Lipinski definition) is 3. The molecule has 1 fully saturated rings. The lowest BCUT2D eigenvalue weighted by Crippen LogP contribution is -2.59. The Hall–Kier alpha value is -3.05. The molecule has 2 aliphatic rings. The maximum Gasteiger partial charge on any atom is 0.339 e. The third-order valence-electron chi connectivity index (χ3n) is 5.47. The number of aromatic hydroxyl groups is 2. The fourth-order valence-corrected chi connectivity index (χ4v) is 3.92. The smallest absolute Gasteiger partial charge is 0.339 e. The number of esters is 3. The van der Waals surface area contributed by atoms with Crippen LogP contribution >= 0.6 is 0 Å². The average molecular weight is 468 g/mol. The molecule has 0 saturated carbocycles. The van der Waals surface area contributed by atoms with Crippen molar-refractivity contribution in [2.24, 2.45) is 0 Å². The van der Waals surface area contributed by atoms with Crippen molar-refractivity contribution in [3.05, 3.63) is 17.2 Å². The summed E-state index contributed by atoms with van der Waals surface area (Å²) < 4.78 is 26.9. The van der Waals surface area contributed by atoms with Gasteiger partial charge in [0.05, 0.1) is 12.7 Å². The summed E-state index contributed by atoms with van der Waals surface area (Å²) in [6, 6.07) is 1.06. The fraction of sp³-hybridized carbons (Fsp3) is 0.591. The number of carbonyl (C=O) groups excluding carboxylic acids is 3. The van der Waals surface area contributed by atoms with E-state index in [-0.39, 0.29) is 36.3 Å². The minimum absolute atomic E-state index is 0.0563. The van der Waals surface area contributed by atoms with E-state index in [0.717, 1.165) is 6.07 Å². The molecular formula is C22H28O11. The summed E-state index contributed by atoms with van der Waals surface area (Å²) in [6.45, 7) is 3.22. The van der Waals surface area contributed by atoms with Gasteiger partial charge in [0.25, 0.3) is 0 Å². The van der Waals surface area contributed by atoms with Gasteiger partial charge in [0.1, 0.15) is 24.9 Å². The normalized spacial score (nSPS) is 25.9. The van der Waals surface area contributed by atoms with E-state index in [1.165, 1.54) is 7.11 Å². The van der Waals surface area contributed by atoms with Gasteiger partial charge < -0.3 is 39.0 Å². The lowest BCUT2D eigenvalue weighted by Gasteiger charge is -2.45. The summed E-state index contributed by atoms with van der Waals surface area (Å²) in [7, 11) is 1.22. The highest BCUT2D eigenvalue weighted by atomic mass is 16.6. The summed E-state index contributed by atoms with van der Waals surface area (Å²) >= 11 is 0. The molecular weight excluding hydrogens is 440 g/mol. The summed E-state index contributed by atoms with van der Waals surface area (Å²) in [4.78, 5) is 36.7. The first-order valence-electron chi connectivity index (χ1n) is 10.8. The van der Waals surface area contributed by atoms with Crippen LogP contribution in [0.5, 0.6) is 17.2 Å². The average Bonchev–Trinajstić information content (AvgIpc) is 2.76. The van der Waals surface area contributed by atoms with E-state index in [9.17, 15) is 29.7 Å². The first-order valence-corrected chi connectivity index (χ1v) is 10.8. The summed E-state index contributed by atoms with van der Waals surface area (Å²) in [6.07, 6.45) is -5.22. The Morgan fingerprint density at radius 2 is 1.79 bits per heavy atom. The predicted molar refractivity (Wildman–Crippen MR) is 110 cm³/mol. The quantitative estimate of drug-likeness (QED) is 0.375. The molecule has 182 valence electrons. The van der Waals surface area contributed by atoms with Crippen LogP contribution < -0.4 is 4.74 Å². The van der Waals surface area contributed by atoms with Crippen LogP contribution in [0.3, 0.4) is 0 Å². The van der Waals surface area contributed by atoms with E-state index in [0.29, 0.717) is 12.8 Å². The molecule has 0 bridgehead atoms. The van der Waals surface area contributed by atoms with Crippen LogP contribution in [-0.2, 0) is 28.5 Å². The van der Waals surface area contributed by atoms with Gasteiger partial charge in [-0.15, -0.1) is 0 Å². The van der Waals surface area contributed by atoms with Crippen molar-refractivity contribution < 1.29 is 53.4 Å². The fourth-order valence-electron chi connectivity index (χ4n) is 3.92. The predicted octanol–water partition coefficient (Wildman–Crippen LogP) is 1.50. The van der Waals surface area contributed by atoms with Gasteiger partial charge in [-0.3, -0.25) is 9.59 Å². The van der Waals surface area contributed by atoms with E-state index in [4.69, 9.17) is 23.7 Å². The van der Waals surface area contributed by atoms with Crippen molar-refractivity contribution in [3.8, 4) is 17.2 Å². The Morgan fingerprint density at radius 3 is 2.42 bits per heavy atom. The molecule has 0 spiro atoms. The van der Waals surface area contributed by atoms with Crippen molar-refractivity contribution in [2.45, 2.75) is 70.1 Å². The van der Waals surface area contributed by atoms with Gasteiger partial charge in [0.15, 0.2) is 23.7 Å². The van der Waals surface area contributed by atoms with Crippen LogP contribution in [0, 0.1) is 0 Å². The third kappa shape index (κ3) is 4.83. The van der Waals surface area contributed by atoms with Gasteiger partial charge in [0.2, 0.25) is 5.75 Å². The second-order valence-electron chi connectivity index (χ2n) is 7.83. The number of ether oxygens (including phenoxy) is 5. The molecule has 1 saturated heterocycles. The maximum atomic E-state index is 12.6. The number of phenols is 2. The van der Waals surface area contributed by atoms with Crippen LogP contribution in [0.2, 0.25) is 0 Å². The van der Waals surface area contributed by atoms with Crippen molar-refractivity contribution in [1.82, 2.24) is 0 Å². The van der Waals surface area contributed by atoms with E-state index in [2.05, 4.69) is 0 Å². The van der Waals surface area contributed by atoms with E-state index >= 15 is 0 Å². The van der Waals surface area contributed by atoms with Crippen molar-refractivity contribution in [3.63, 3.8) is 0 Å². The summed E-state index contributed by atoms with van der Waals surface area (Å²) in [5.41, 5.74) is -0.233. The standard InChI is InChI=1S/C22H28O11/c1-4-6-13(24)30-9-12-16(26)20(32-14(25)7-5-2)21-19(31-12)15-10(22(28)33-21)8-11(23)18(29-3)17(15)27/h8,12,16,19-21,23,26-27H,4-7,9H2,1-3H3/t12-,16-,19+,20+,21+/m1/s1. The van der Waals surface area contributed by atoms with E-state index < -0.39 is 59.9 Å². The van der Waals surface area contributed by atoms with Gasteiger partial charge in [-0.05, 0) is 18.9 Å². The van der Waals surface area contributed by atoms with E-state index in [1.807, 2.05) is 0 Å². The van der Waals surface area contributed by atoms with Crippen molar-refractivity contribution >= 4 is 17.9 Å². The topological polar surface area (TPSA) is 158 Å². The van der Waals surface area contributed by atoms with Crippen LogP contribution in [0.25, 0.3) is 0 Å². The number of fused-ring (bicyclic) bond motifs is 3. The van der Waals surface area contributed by atoms with E-state index in [1.54, 1.807) is 13.8 Å². The maximum absolute atomic E-state index is 12.6. The minimum Gasteiger partial charge on any atom is -0.504 e. The Labute approximate surface area is 190 Å². The molecule has 2 aliphatic heterocycles. The Kier molecular flexibility index (Phi) is 7.65. The molecule has 0 aliphatic carbocycles. The molecule has 11 nitrogen and oxygen atoms in total. The molecule has 0 amide bonds. The molecule has 0 radical (unpaired) electrons. The molecule has 0 aromatic heterocycles. The van der Waals surface area contributed by atoms with Crippen molar-refractivity contribution in [1.29, 1.82) is 0 Å². The van der Waals surface area contributed by atoms with Gasteiger partial charge in [-0.25, -0.2) is 4.79 Å². The Balaban J connectivity index is 2.01. The lowest BCUT2D eigenvalue weighted by molar-refractivity contribution is -0.246. The molecule has 1 aromatic carbocycles. The second-order valence-corrected chi connectivity index (χ2v) is 7.83. The second kappa shape index (κ2) is 10.3. The highest BCUT2D eigenvalue weighted by Gasteiger charge is 2.54. The number of aliphatic hydroxyl groups is 1. The van der Waals surface area contributed by atoms with Gasteiger partial charge >= 0.3 is 17.9 Å². The molecule has 0 unspecified atom stereocenters. The monoisotopic (exact) mass is 468 g/mol. The molecule has 3 rings (SSSR count). The zero-order valence-electron chi connectivity index (χ0n) is 18.6. The number of rotatable bonds is 8. The molecule has 3 N–H and O–H groups in total. The molecule has 11 heteroatoms. The Bertz CT molecular complexity index is 912. The van der Waals surface area contributed by atoms with Gasteiger partial charge in [-0.1, -0.05) is 13.8 Å². The number of methoxy groups -OCH3 is 1. The van der Waals surface area contributed by atoms with Gasteiger partial charge in [-0.2, -0.15) is 0 Å². The van der Waals surface area contributed by atoms with Crippen molar-refractivity contribution in [2.75, 3.05) is 13.7 Å². The number of hydrogen-bond acceptors (Lipinski definition) is 11. The molecule has 2 heterocycles. The third-order valence-corrected chi connectivity index (χ3v) is 5.47. The van der Waals surface area contributed by atoms with Crippen LogP contribution in [0.15, 0.2) is 6.07 Å². The number of phenolic OH excluding ortho intramolecular Hbond substituents is 2. The molecule has 33 heavy (non-hydrogen) atoms. The van der Waals surface area contributed by atoms with Gasteiger partial charge in [0, 0.05) is 18.4 Å². The van der Waals surface area contributed by atoms with Crippen LogP contribution in [-0.4, -0.2) is 71.4 Å². The summed E-state index contributed by atoms with van der Waals surface area (Å²) in [5, 5.41) is 31.7. The lowest BCUT2D eigenvalue weighted by atomic mass is 9.86. The summed E-state index contributed by atoms with van der Waals surface area (Å²) in [5.74, 6) is -3.38. The zero-order valence-corrected chi connectivity index (χ0v) is 18.6. The minimum atomic E-state index is -1.49. The number of carbonyl (C=O) groups is 3. The number of benzene rings is 1. The Morgan fingerprint density at radius 1 is 1.12 bits per heavy atom. The number of aliphatic hydroxyl groups excluding tert-OH is 1. The highest BCUT2D eigenvalue weighted by Crippen LogP contribution is 2.50. The van der Waals surface area contributed by atoms with Crippen LogP contribution in [0.4, 0.5) is 0 Å². The SMILES string of the molecule is CCCC(=O)OC[C@H]1O[C@H]2c3c(cc(O)c(OC)c3O)C(=O)O[C@@H]2[C@@H](OC(=O)CCC)[C@@H]1O. The largest absolute Gasteiger partial charge is 0.504 e. The highest BCUT2D eigenvalue weighted by molar-refractivity contribution is 5.95.